The number of hydrogen-bond acceptors (Lipinski definition) is 9. The van der Waals surface area contributed by atoms with Crippen molar-refractivity contribution in [3.8, 4) is 11.5 Å². The highest BCUT2D eigenvalue weighted by Crippen LogP contribution is 2.42. The molecule has 0 saturated heterocycles. The summed E-state index contributed by atoms with van der Waals surface area (Å²) in [6.45, 7) is 0.695. The maximum Gasteiger partial charge on any atom is 0.253 e. The maximum atomic E-state index is 14.0. The lowest BCUT2D eigenvalue weighted by Crippen LogP contribution is -2.29. The zero-order chi connectivity index (χ0) is 32.6. The molecule has 5 aromatic rings. The molecule has 1 atom stereocenters. The molecule has 1 aliphatic rings. The Morgan fingerprint density at radius 1 is 0.915 bits per heavy atom. The lowest BCUT2D eigenvalue weighted by molar-refractivity contribution is -0.130. The molecule has 12 heteroatoms. The highest BCUT2D eigenvalue weighted by Gasteiger charge is 2.36. The van der Waals surface area contributed by atoms with E-state index in [1.807, 2.05) is 101 Å². The van der Waals surface area contributed by atoms with Gasteiger partial charge in [0.2, 0.25) is 5.91 Å². The van der Waals surface area contributed by atoms with Gasteiger partial charge in [-0.2, -0.15) is 5.10 Å². The molecule has 0 spiro atoms. The number of nitrogens with zero attached hydrogens (tertiary/aromatic N) is 5. The molecule has 2 amide bonds. The van der Waals surface area contributed by atoms with Gasteiger partial charge in [0, 0.05) is 12.0 Å². The maximum absolute atomic E-state index is 14.0. The molecule has 47 heavy (non-hydrogen) atoms. The molecule has 3 heterocycles. The number of ether oxygens (including phenoxy) is 2. The van der Waals surface area contributed by atoms with E-state index >= 15 is 0 Å². The van der Waals surface area contributed by atoms with Gasteiger partial charge >= 0.3 is 0 Å². The van der Waals surface area contributed by atoms with Gasteiger partial charge in [-0.15, -0.1) is 21.5 Å². The van der Waals surface area contributed by atoms with E-state index in [2.05, 4.69) is 15.5 Å². The third-order valence-corrected chi connectivity index (χ3v) is 9.59. The van der Waals surface area contributed by atoms with Crippen molar-refractivity contribution in [2.75, 3.05) is 20.0 Å². The average Bonchev–Trinajstić information content (AvgIpc) is 3.88. The van der Waals surface area contributed by atoms with Gasteiger partial charge in [-0.3, -0.25) is 9.59 Å². The number of hydrogen-bond donors (Lipinski definition) is 1. The Hall–Kier alpha value is -4.94. The van der Waals surface area contributed by atoms with Gasteiger partial charge in [0.05, 0.1) is 56.1 Å². The number of thiophene rings is 1. The van der Waals surface area contributed by atoms with Crippen LogP contribution in [0.1, 0.15) is 39.9 Å². The van der Waals surface area contributed by atoms with E-state index in [1.165, 1.54) is 11.8 Å². The first kappa shape index (κ1) is 32.0. The molecule has 10 nitrogen and oxygen atoms in total. The molecule has 1 unspecified atom stereocenters. The Morgan fingerprint density at radius 2 is 1.68 bits per heavy atom. The van der Waals surface area contributed by atoms with Crippen molar-refractivity contribution >= 4 is 40.6 Å². The summed E-state index contributed by atoms with van der Waals surface area (Å²) in [4.78, 5) is 27.7. The predicted molar refractivity (Wildman–Crippen MR) is 183 cm³/mol. The third kappa shape index (κ3) is 7.55. The van der Waals surface area contributed by atoms with E-state index in [0.29, 0.717) is 35.4 Å². The fraction of sp³-hybridized carbons (Fsp3) is 0.229. The molecule has 0 aliphatic carbocycles. The highest BCUT2D eigenvalue weighted by molar-refractivity contribution is 7.99. The number of aromatic nitrogens is 3. The van der Waals surface area contributed by atoms with Crippen LogP contribution < -0.4 is 14.8 Å². The second kappa shape index (κ2) is 15.1. The standard InChI is InChI=1S/C35H34N6O4S2/c1-44-29-16-9-15-26(34(29)45-2)28-20-27(30-17-10-18-46-30)39-41(28)33(43)23-47-35-38-37-31(40(35)22-25-13-7-4-8-14-25)21-36-32(42)19-24-11-5-3-6-12-24/h3-18,28H,19-23H2,1-2H3,(H,36,42). The van der Waals surface area contributed by atoms with E-state index in [1.54, 1.807) is 30.6 Å². The summed E-state index contributed by atoms with van der Waals surface area (Å²) in [5.41, 5.74) is 3.64. The fourth-order valence-electron chi connectivity index (χ4n) is 5.44. The Labute approximate surface area is 281 Å². The Morgan fingerprint density at radius 3 is 2.38 bits per heavy atom. The van der Waals surface area contributed by atoms with Crippen LogP contribution >= 0.6 is 23.1 Å². The van der Waals surface area contributed by atoms with Crippen LogP contribution in [0.4, 0.5) is 0 Å². The third-order valence-electron chi connectivity index (χ3n) is 7.72. The minimum atomic E-state index is -0.372. The SMILES string of the molecule is COc1cccc(C2CC(c3cccs3)=NN2C(=O)CSc2nnc(CNC(=O)Cc3ccccc3)n2Cc2ccccc2)c1OC. The number of thioether (sulfide) groups is 1. The van der Waals surface area contributed by atoms with Gasteiger partial charge < -0.3 is 19.4 Å². The van der Waals surface area contributed by atoms with Gasteiger partial charge in [-0.05, 0) is 28.6 Å². The molecule has 240 valence electrons. The van der Waals surface area contributed by atoms with Crippen molar-refractivity contribution in [2.24, 2.45) is 5.10 Å². The number of carbonyl (C=O) groups is 2. The Balaban J connectivity index is 1.22. The highest BCUT2D eigenvalue weighted by atomic mass is 32.2. The van der Waals surface area contributed by atoms with Crippen LogP contribution in [-0.2, 0) is 29.1 Å². The molecule has 0 bridgehead atoms. The topological polar surface area (TPSA) is 111 Å². The number of hydrazone groups is 1. The lowest BCUT2D eigenvalue weighted by atomic mass is 9.99. The van der Waals surface area contributed by atoms with Crippen LogP contribution in [0, 0.1) is 0 Å². The molecule has 1 N–H and O–H groups in total. The van der Waals surface area contributed by atoms with Crippen LogP contribution in [0.3, 0.4) is 0 Å². The molecule has 6 rings (SSSR count). The minimum absolute atomic E-state index is 0.0806. The summed E-state index contributed by atoms with van der Waals surface area (Å²) >= 11 is 2.89. The number of amides is 2. The van der Waals surface area contributed by atoms with Crippen LogP contribution in [0.25, 0.3) is 0 Å². The molecular weight excluding hydrogens is 633 g/mol. The summed E-state index contributed by atoms with van der Waals surface area (Å²) < 4.78 is 13.2. The molecular formula is C35H34N6O4S2. The van der Waals surface area contributed by atoms with Crippen LogP contribution in [0.2, 0.25) is 0 Å². The smallest absolute Gasteiger partial charge is 0.253 e. The van der Waals surface area contributed by atoms with Crippen molar-refractivity contribution in [1.29, 1.82) is 0 Å². The first-order valence-corrected chi connectivity index (χ1v) is 16.9. The molecule has 3 aromatic carbocycles. The van der Waals surface area contributed by atoms with Crippen LogP contribution in [0.15, 0.2) is 107 Å². The van der Waals surface area contributed by atoms with Gasteiger partial charge in [0.1, 0.15) is 0 Å². The molecule has 0 radical (unpaired) electrons. The van der Waals surface area contributed by atoms with Gasteiger partial charge in [0.15, 0.2) is 22.5 Å². The number of nitrogens with one attached hydrogen (secondary N) is 1. The second-order valence-electron chi connectivity index (χ2n) is 10.8. The average molecular weight is 667 g/mol. The number of benzene rings is 3. The normalized spacial score (nSPS) is 14.1. The number of carbonyl (C=O) groups excluding carboxylic acids is 2. The van der Waals surface area contributed by atoms with Crippen molar-refractivity contribution in [3.05, 3.63) is 124 Å². The first-order valence-electron chi connectivity index (χ1n) is 15.1. The van der Waals surface area contributed by atoms with E-state index in [9.17, 15) is 9.59 Å². The monoisotopic (exact) mass is 666 g/mol. The molecule has 2 aromatic heterocycles. The van der Waals surface area contributed by atoms with E-state index in [-0.39, 0.29) is 36.6 Å². The largest absolute Gasteiger partial charge is 0.493 e. The summed E-state index contributed by atoms with van der Waals surface area (Å²) in [5, 5.41) is 20.8. The van der Waals surface area contributed by atoms with E-state index in [0.717, 1.165) is 27.3 Å². The summed E-state index contributed by atoms with van der Waals surface area (Å²) in [6.07, 6.45) is 0.810. The minimum Gasteiger partial charge on any atom is -0.493 e. The predicted octanol–water partition coefficient (Wildman–Crippen LogP) is 5.73. The number of methoxy groups -OCH3 is 2. The van der Waals surface area contributed by atoms with E-state index < -0.39 is 0 Å². The van der Waals surface area contributed by atoms with Crippen molar-refractivity contribution in [2.45, 2.75) is 37.1 Å². The molecule has 0 saturated carbocycles. The van der Waals surface area contributed by atoms with Crippen molar-refractivity contribution < 1.29 is 19.1 Å². The number of rotatable bonds is 13. The zero-order valence-corrected chi connectivity index (χ0v) is 27.7. The van der Waals surface area contributed by atoms with Gasteiger partial charge in [0.25, 0.3) is 5.91 Å². The first-order chi connectivity index (χ1) is 23.0. The van der Waals surface area contributed by atoms with Crippen molar-refractivity contribution in [3.63, 3.8) is 0 Å². The van der Waals surface area contributed by atoms with Crippen LogP contribution in [-0.4, -0.2) is 57.3 Å². The fourth-order valence-corrected chi connectivity index (χ4v) is 6.97. The van der Waals surface area contributed by atoms with E-state index in [4.69, 9.17) is 14.6 Å². The Kier molecular flexibility index (Phi) is 10.3. The van der Waals surface area contributed by atoms with Crippen LogP contribution in [0.5, 0.6) is 11.5 Å². The zero-order valence-electron chi connectivity index (χ0n) is 26.0. The molecule has 0 fully saturated rings. The lowest BCUT2D eigenvalue weighted by Gasteiger charge is -2.24. The molecule has 1 aliphatic heterocycles. The second-order valence-corrected chi connectivity index (χ2v) is 12.7. The summed E-state index contributed by atoms with van der Waals surface area (Å²) in [7, 11) is 3.19. The quantitative estimate of drug-likeness (QED) is 0.160. The van der Waals surface area contributed by atoms with Gasteiger partial charge in [-0.25, -0.2) is 5.01 Å². The van der Waals surface area contributed by atoms with Gasteiger partial charge in [-0.1, -0.05) is 90.6 Å². The Bertz CT molecular complexity index is 1840. The van der Waals surface area contributed by atoms with Crippen molar-refractivity contribution in [1.82, 2.24) is 25.1 Å². The summed E-state index contributed by atoms with van der Waals surface area (Å²) in [6, 6.07) is 28.8. The summed E-state index contributed by atoms with van der Waals surface area (Å²) in [5.74, 6) is 1.56. The number of para-hydroxylation sites is 1.